The van der Waals surface area contributed by atoms with Crippen molar-refractivity contribution in [2.45, 2.75) is 34.6 Å². The first-order valence-corrected chi connectivity index (χ1v) is 6.21. The number of rotatable bonds is 2. The molecule has 1 heterocycles. The van der Waals surface area contributed by atoms with Gasteiger partial charge in [0.05, 0.1) is 5.56 Å². The van der Waals surface area contributed by atoms with Crippen molar-refractivity contribution in [3.05, 3.63) is 40.2 Å². The van der Waals surface area contributed by atoms with E-state index in [1.165, 1.54) is 5.56 Å². The van der Waals surface area contributed by atoms with E-state index in [0.29, 0.717) is 17.3 Å². The molecule has 4 nitrogen and oxygen atoms in total. The fraction of sp³-hybridized carbons (Fsp3) is 0.333. The predicted molar refractivity (Wildman–Crippen MR) is 75.0 cm³/mol. The van der Waals surface area contributed by atoms with Crippen molar-refractivity contribution >= 4 is 5.82 Å². The minimum absolute atomic E-state index is 0.213. The first kappa shape index (κ1) is 13.3. The zero-order valence-electron chi connectivity index (χ0n) is 12.0. The molecule has 0 saturated carbocycles. The Balaban J connectivity index is 2.48. The summed E-state index contributed by atoms with van der Waals surface area (Å²) >= 11 is 0. The first-order valence-electron chi connectivity index (χ1n) is 6.21. The molecule has 1 aromatic heterocycles. The van der Waals surface area contributed by atoms with Crippen LogP contribution < -0.4 is 10.5 Å². The molecule has 2 rings (SSSR count). The molecule has 19 heavy (non-hydrogen) atoms. The van der Waals surface area contributed by atoms with E-state index >= 15 is 0 Å². The molecule has 2 aromatic rings. The van der Waals surface area contributed by atoms with Crippen molar-refractivity contribution in [3.63, 3.8) is 0 Å². The summed E-state index contributed by atoms with van der Waals surface area (Å²) in [5, 5.41) is 0. The van der Waals surface area contributed by atoms with Crippen LogP contribution in [-0.2, 0) is 0 Å². The van der Waals surface area contributed by atoms with Gasteiger partial charge in [0.25, 0.3) is 0 Å². The average molecular weight is 256 g/mol. The third-order valence-corrected chi connectivity index (χ3v) is 3.02. The predicted octanol–water partition coefficient (Wildman–Crippen LogP) is 3.73. The standard InChI is InChI=1S/C15H18N3O/c1-8-6-9(2)13(10(3)7-8)19-15-11(4)14(16)17-12(5)18-15/h6-7,16H,1-5H3. The van der Waals surface area contributed by atoms with Crippen LogP contribution in [0.3, 0.4) is 0 Å². The molecule has 0 bridgehead atoms. The van der Waals surface area contributed by atoms with Crippen molar-refractivity contribution in [2.75, 3.05) is 0 Å². The quantitative estimate of drug-likeness (QED) is 0.822. The summed E-state index contributed by atoms with van der Waals surface area (Å²) in [5.74, 6) is 2.04. The Bertz CT molecular complexity index is 613. The van der Waals surface area contributed by atoms with Crippen LogP contribution in [0.1, 0.15) is 28.1 Å². The lowest BCUT2D eigenvalue weighted by Crippen LogP contribution is -2.00. The van der Waals surface area contributed by atoms with Gasteiger partial charge in [0.15, 0.2) is 5.82 Å². The SMILES string of the molecule is Cc1cc(C)c(Oc2nc(C)nc([NH])c2C)c(C)c1. The summed E-state index contributed by atoms with van der Waals surface area (Å²) in [6.45, 7) is 9.65. The monoisotopic (exact) mass is 256 g/mol. The zero-order chi connectivity index (χ0) is 14.2. The third-order valence-electron chi connectivity index (χ3n) is 3.02. The Morgan fingerprint density at radius 3 is 2.11 bits per heavy atom. The van der Waals surface area contributed by atoms with Crippen LogP contribution in [0.4, 0.5) is 5.82 Å². The normalized spacial score (nSPS) is 10.6. The van der Waals surface area contributed by atoms with Gasteiger partial charge in [0, 0.05) is 0 Å². The Morgan fingerprint density at radius 1 is 0.947 bits per heavy atom. The molecule has 1 aromatic carbocycles. The second-order valence-corrected chi connectivity index (χ2v) is 4.88. The second kappa shape index (κ2) is 4.88. The molecular weight excluding hydrogens is 238 g/mol. The molecule has 0 saturated heterocycles. The first-order chi connectivity index (χ1) is 8.88. The fourth-order valence-corrected chi connectivity index (χ4v) is 2.13. The molecule has 0 aliphatic rings. The Hall–Kier alpha value is -2.10. The number of nitrogens with one attached hydrogen (secondary N) is 1. The van der Waals surface area contributed by atoms with E-state index in [2.05, 4.69) is 29.0 Å². The highest BCUT2D eigenvalue weighted by molar-refractivity contribution is 5.48. The highest BCUT2D eigenvalue weighted by Gasteiger charge is 2.12. The Kier molecular flexibility index (Phi) is 3.42. The highest BCUT2D eigenvalue weighted by atomic mass is 16.5. The minimum atomic E-state index is 0.213. The maximum absolute atomic E-state index is 7.78. The van der Waals surface area contributed by atoms with Crippen molar-refractivity contribution in [1.29, 1.82) is 0 Å². The van der Waals surface area contributed by atoms with E-state index in [4.69, 9.17) is 10.5 Å². The van der Waals surface area contributed by atoms with E-state index in [1.807, 2.05) is 13.8 Å². The van der Waals surface area contributed by atoms with Gasteiger partial charge >= 0.3 is 0 Å². The van der Waals surface area contributed by atoms with E-state index < -0.39 is 0 Å². The molecule has 0 atom stereocenters. The molecule has 1 N–H and O–H groups in total. The molecule has 0 aliphatic carbocycles. The van der Waals surface area contributed by atoms with Crippen molar-refractivity contribution in [2.24, 2.45) is 0 Å². The number of nitrogens with zero attached hydrogens (tertiary/aromatic N) is 2. The van der Waals surface area contributed by atoms with Gasteiger partial charge in [-0.15, -0.1) is 0 Å². The van der Waals surface area contributed by atoms with E-state index in [9.17, 15) is 0 Å². The smallest absolute Gasteiger partial charge is 0.227 e. The Morgan fingerprint density at radius 2 is 1.53 bits per heavy atom. The highest BCUT2D eigenvalue weighted by Crippen LogP contribution is 2.31. The lowest BCUT2D eigenvalue weighted by atomic mass is 10.1. The summed E-state index contributed by atoms with van der Waals surface area (Å²) < 4.78 is 5.92. The van der Waals surface area contributed by atoms with Gasteiger partial charge in [0.2, 0.25) is 5.88 Å². The molecule has 0 fully saturated rings. The topological polar surface area (TPSA) is 58.8 Å². The van der Waals surface area contributed by atoms with Crippen LogP contribution >= 0.6 is 0 Å². The van der Waals surface area contributed by atoms with Crippen LogP contribution in [-0.4, -0.2) is 9.97 Å². The lowest BCUT2D eigenvalue weighted by Gasteiger charge is -2.14. The van der Waals surface area contributed by atoms with Gasteiger partial charge in [-0.25, -0.2) is 4.98 Å². The number of benzene rings is 1. The molecule has 0 spiro atoms. The number of hydrogen-bond acceptors (Lipinski definition) is 3. The van der Waals surface area contributed by atoms with Gasteiger partial charge in [-0.2, -0.15) is 4.98 Å². The Labute approximate surface area is 113 Å². The van der Waals surface area contributed by atoms with Gasteiger partial charge in [-0.05, 0) is 45.7 Å². The number of aryl methyl sites for hydroxylation is 4. The van der Waals surface area contributed by atoms with E-state index in [1.54, 1.807) is 13.8 Å². The van der Waals surface area contributed by atoms with Gasteiger partial charge in [-0.1, -0.05) is 17.7 Å². The van der Waals surface area contributed by atoms with Crippen molar-refractivity contribution in [3.8, 4) is 11.6 Å². The van der Waals surface area contributed by atoms with Gasteiger partial charge < -0.3 is 4.74 Å². The fourth-order valence-electron chi connectivity index (χ4n) is 2.13. The maximum Gasteiger partial charge on any atom is 0.227 e. The molecule has 0 unspecified atom stereocenters. The molecular formula is C15H18N3O. The van der Waals surface area contributed by atoms with Crippen LogP contribution in [0.2, 0.25) is 0 Å². The van der Waals surface area contributed by atoms with Crippen LogP contribution in [0.25, 0.3) is 0 Å². The van der Waals surface area contributed by atoms with Gasteiger partial charge in [-0.3, -0.25) is 5.73 Å². The number of aromatic nitrogens is 2. The van der Waals surface area contributed by atoms with E-state index in [-0.39, 0.29) is 5.82 Å². The minimum Gasteiger partial charge on any atom is -0.438 e. The van der Waals surface area contributed by atoms with Crippen molar-refractivity contribution in [1.82, 2.24) is 15.7 Å². The van der Waals surface area contributed by atoms with Crippen molar-refractivity contribution < 1.29 is 4.74 Å². The van der Waals surface area contributed by atoms with Crippen LogP contribution in [0, 0.1) is 34.6 Å². The largest absolute Gasteiger partial charge is 0.438 e. The molecule has 4 heteroatoms. The number of ether oxygens (including phenoxy) is 1. The van der Waals surface area contributed by atoms with Crippen LogP contribution in [0.5, 0.6) is 11.6 Å². The summed E-state index contributed by atoms with van der Waals surface area (Å²) in [6, 6.07) is 4.15. The van der Waals surface area contributed by atoms with Crippen LogP contribution in [0.15, 0.2) is 12.1 Å². The average Bonchev–Trinajstić information content (AvgIpc) is 2.29. The second-order valence-electron chi connectivity index (χ2n) is 4.88. The van der Waals surface area contributed by atoms with E-state index in [0.717, 1.165) is 16.9 Å². The zero-order valence-corrected chi connectivity index (χ0v) is 12.0. The maximum atomic E-state index is 7.78. The molecule has 1 radical (unpaired) electrons. The third kappa shape index (κ3) is 2.67. The molecule has 0 aliphatic heterocycles. The summed E-state index contributed by atoms with van der Waals surface area (Å²) in [5.41, 5.74) is 11.8. The van der Waals surface area contributed by atoms with Gasteiger partial charge in [0.1, 0.15) is 11.6 Å². The number of hydrogen-bond donors (Lipinski definition) is 0. The summed E-state index contributed by atoms with van der Waals surface area (Å²) in [6.07, 6.45) is 0. The molecule has 99 valence electrons. The summed E-state index contributed by atoms with van der Waals surface area (Å²) in [7, 11) is 0. The lowest BCUT2D eigenvalue weighted by molar-refractivity contribution is 0.449. The summed E-state index contributed by atoms with van der Waals surface area (Å²) in [4.78, 5) is 8.29. The molecule has 0 amide bonds.